The van der Waals surface area contributed by atoms with Crippen molar-refractivity contribution in [2.75, 3.05) is 12.4 Å². The summed E-state index contributed by atoms with van der Waals surface area (Å²) in [7, 11) is 1.55. The Hall–Kier alpha value is -3.16. The number of carbonyl (C=O) groups excluding carboxylic acids is 1. The second-order valence-corrected chi connectivity index (χ2v) is 6.00. The summed E-state index contributed by atoms with van der Waals surface area (Å²) in [5.74, 6) is -0.291. The van der Waals surface area contributed by atoms with Crippen LogP contribution < -0.4 is 5.32 Å². The number of halogens is 1. The van der Waals surface area contributed by atoms with Crippen molar-refractivity contribution >= 4 is 23.5 Å². The Kier molecular flexibility index (Phi) is 5.01. The van der Waals surface area contributed by atoms with E-state index in [1.54, 1.807) is 14.0 Å². The first kappa shape index (κ1) is 17.7. The van der Waals surface area contributed by atoms with Crippen LogP contribution in [0.15, 0.2) is 35.7 Å². The largest absolute Gasteiger partial charge is 0.481 e. The molecule has 1 aliphatic heterocycles. The van der Waals surface area contributed by atoms with Gasteiger partial charge >= 0.3 is 0 Å². The molecule has 2 aromatic rings. The lowest BCUT2D eigenvalue weighted by Crippen LogP contribution is -2.17. The number of aromatic nitrogens is 3. The lowest BCUT2D eigenvalue weighted by atomic mass is 9.98. The van der Waals surface area contributed by atoms with Crippen LogP contribution in [-0.2, 0) is 4.74 Å². The van der Waals surface area contributed by atoms with Crippen LogP contribution in [0.1, 0.15) is 35.0 Å². The zero-order chi connectivity index (χ0) is 18.7. The molecule has 1 atom stereocenters. The maximum absolute atomic E-state index is 13.8. The highest BCUT2D eigenvalue weighted by molar-refractivity contribution is 6.04. The van der Waals surface area contributed by atoms with Crippen LogP contribution in [0.25, 0.3) is 5.57 Å². The molecule has 0 spiro atoms. The molecule has 0 aliphatic carbocycles. The van der Waals surface area contributed by atoms with Gasteiger partial charge < -0.3 is 10.1 Å². The second-order valence-electron chi connectivity index (χ2n) is 6.00. The summed E-state index contributed by atoms with van der Waals surface area (Å²) >= 11 is 0. The first-order chi connectivity index (χ1) is 12.5. The molecule has 0 aromatic carbocycles. The topological polar surface area (TPSA) is 89.4 Å². The van der Waals surface area contributed by atoms with E-state index in [1.165, 1.54) is 18.6 Å². The molecule has 2 aromatic heterocycles. The number of rotatable bonds is 4. The Morgan fingerprint density at radius 2 is 2.08 bits per heavy atom. The lowest BCUT2D eigenvalue weighted by molar-refractivity contribution is 0.102. The number of methoxy groups -OCH3 is 1. The van der Waals surface area contributed by atoms with Crippen LogP contribution in [0, 0.1) is 18.7 Å². The summed E-state index contributed by atoms with van der Waals surface area (Å²) in [6.45, 7) is 3.66. The van der Waals surface area contributed by atoms with Gasteiger partial charge in [-0.15, -0.1) is 0 Å². The quantitative estimate of drug-likeness (QED) is 0.911. The van der Waals surface area contributed by atoms with Gasteiger partial charge in [-0.3, -0.25) is 14.8 Å². The number of aryl methyl sites for hydroxylation is 1. The van der Waals surface area contributed by atoms with Gasteiger partial charge in [0.05, 0.1) is 37.0 Å². The number of aliphatic imine (C=N–C) groups is 1. The van der Waals surface area contributed by atoms with Gasteiger partial charge in [-0.2, -0.15) is 0 Å². The molecule has 1 aliphatic rings. The summed E-state index contributed by atoms with van der Waals surface area (Å²) < 4.78 is 19.1. The van der Waals surface area contributed by atoms with Crippen LogP contribution >= 0.6 is 0 Å². The maximum atomic E-state index is 13.8. The minimum absolute atomic E-state index is 0.0642. The van der Waals surface area contributed by atoms with E-state index in [9.17, 15) is 9.18 Å². The number of anilines is 1. The molecule has 134 valence electrons. The summed E-state index contributed by atoms with van der Waals surface area (Å²) in [6.07, 6.45) is 7.94. The van der Waals surface area contributed by atoms with Crippen LogP contribution in [0.5, 0.6) is 0 Å². The highest BCUT2D eigenvalue weighted by Crippen LogP contribution is 2.28. The molecule has 7 nitrogen and oxygen atoms in total. The summed E-state index contributed by atoms with van der Waals surface area (Å²) in [5, 5.41) is 2.55. The summed E-state index contributed by atoms with van der Waals surface area (Å²) in [4.78, 5) is 28.8. The van der Waals surface area contributed by atoms with Gasteiger partial charge in [-0.05, 0) is 24.8 Å². The SMILES string of the molecule is COC1=C(c2cnc(NC(=O)c3c(C)cncc3F)cn2)CC(C)C=N1. The van der Waals surface area contributed by atoms with Crippen molar-refractivity contribution in [2.24, 2.45) is 10.9 Å². The number of allylic oxidation sites excluding steroid dienone is 1. The van der Waals surface area contributed by atoms with E-state index in [0.29, 0.717) is 17.1 Å². The molecule has 8 heteroatoms. The molecule has 0 fully saturated rings. The average molecular weight is 355 g/mol. The predicted molar refractivity (Wildman–Crippen MR) is 95.1 cm³/mol. The fraction of sp³-hybridized carbons (Fsp3) is 0.278. The molecule has 26 heavy (non-hydrogen) atoms. The average Bonchev–Trinajstić information content (AvgIpc) is 2.62. The number of nitrogens with one attached hydrogen (secondary N) is 1. The molecule has 1 amide bonds. The Bertz CT molecular complexity index is 873. The Labute approximate surface area is 150 Å². The zero-order valence-electron chi connectivity index (χ0n) is 14.7. The number of nitrogens with zero attached hydrogens (tertiary/aromatic N) is 4. The van der Waals surface area contributed by atoms with Gasteiger partial charge in [0.1, 0.15) is 0 Å². The molecule has 0 saturated carbocycles. The minimum Gasteiger partial charge on any atom is -0.481 e. The van der Waals surface area contributed by atoms with Crippen molar-refractivity contribution in [3.05, 3.63) is 53.3 Å². The van der Waals surface area contributed by atoms with Gasteiger partial charge in [0.2, 0.25) is 5.88 Å². The third-order valence-corrected chi connectivity index (χ3v) is 3.94. The monoisotopic (exact) mass is 355 g/mol. The first-order valence-corrected chi connectivity index (χ1v) is 8.04. The zero-order valence-corrected chi connectivity index (χ0v) is 14.7. The van der Waals surface area contributed by atoms with Crippen LogP contribution in [0.4, 0.5) is 10.2 Å². The van der Waals surface area contributed by atoms with Crippen LogP contribution in [0.3, 0.4) is 0 Å². The van der Waals surface area contributed by atoms with Gasteiger partial charge in [-0.25, -0.2) is 14.4 Å². The van der Waals surface area contributed by atoms with E-state index in [4.69, 9.17) is 4.74 Å². The molecule has 0 radical (unpaired) electrons. The second kappa shape index (κ2) is 7.38. The van der Waals surface area contributed by atoms with E-state index in [-0.39, 0.29) is 17.3 Å². The standard InChI is InChI=1S/C18H18FN5O2/c1-10-4-12(18(26-3)23-5-10)14-8-22-15(9-21-14)24-17(25)16-11(2)6-20-7-13(16)19/h5-10H,4H2,1-3H3,(H,22,24,25). The number of hydrogen-bond acceptors (Lipinski definition) is 6. The van der Waals surface area contributed by atoms with Crippen molar-refractivity contribution in [1.82, 2.24) is 15.0 Å². The van der Waals surface area contributed by atoms with E-state index in [0.717, 1.165) is 18.2 Å². The molecule has 1 unspecified atom stereocenters. The van der Waals surface area contributed by atoms with Gasteiger partial charge in [-0.1, -0.05) is 6.92 Å². The molecule has 0 saturated heterocycles. The molecular weight excluding hydrogens is 337 g/mol. The maximum Gasteiger partial charge on any atom is 0.260 e. The highest BCUT2D eigenvalue weighted by Gasteiger charge is 2.19. The van der Waals surface area contributed by atoms with Crippen LogP contribution in [0.2, 0.25) is 0 Å². The Morgan fingerprint density at radius 1 is 1.27 bits per heavy atom. The smallest absolute Gasteiger partial charge is 0.260 e. The fourth-order valence-corrected chi connectivity index (χ4v) is 2.67. The molecular formula is C18H18FN5O2. The van der Waals surface area contributed by atoms with E-state index in [1.807, 2.05) is 13.1 Å². The van der Waals surface area contributed by atoms with Gasteiger partial charge in [0, 0.05) is 18.0 Å². The van der Waals surface area contributed by atoms with Crippen molar-refractivity contribution in [3.63, 3.8) is 0 Å². The number of ether oxygens (including phenoxy) is 1. The fourth-order valence-electron chi connectivity index (χ4n) is 2.67. The number of pyridine rings is 1. The number of carbonyl (C=O) groups is 1. The third kappa shape index (κ3) is 3.58. The van der Waals surface area contributed by atoms with E-state index < -0.39 is 11.7 Å². The molecule has 3 rings (SSSR count). The van der Waals surface area contributed by atoms with Crippen molar-refractivity contribution in [2.45, 2.75) is 20.3 Å². The summed E-state index contributed by atoms with van der Waals surface area (Å²) in [6, 6.07) is 0. The Balaban J connectivity index is 1.81. The molecule has 0 bridgehead atoms. The predicted octanol–water partition coefficient (Wildman–Crippen LogP) is 3.00. The van der Waals surface area contributed by atoms with Crippen molar-refractivity contribution in [3.8, 4) is 0 Å². The van der Waals surface area contributed by atoms with E-state index in [2.05, 4.69) is 25.3 Å². The van der Waals surface area contributed by atoms with Crippen LogP contribution in [-0.4, -0.2) is 34.2 Å². The van der Waals surface area contributed by atoms with Gasteiger partial charge in [0.25, 0.3) is 5.91 Å². The Morgan fingerprint density at radius 3 is 2.73 bits per heavy atom. The molecule has 1 N–H and O–H groups in total. The lowest BCUT2D eigenvalue weighted by Gasteiger charge is -2.17. The van der Waals surface area contributed by atoms with E-state index >= 15 is 0 Å². The normalized spacial score (nSPS) is 16.5. The number of amides is 1. The number of hydrogen-bond donors (Lipinski definition) is 1. The van der Waals surface area contributed by atoms with Gasteiger partial charge in [0.15, 0.2) is 11.6 Å². The van der Waals surface area contributed by atoms with Crippen molar-refractivity contribution in [1.29, 1.82) is 0 Å². The summed E-state index contributed by atoms with van der Waals surface area (Å²) in [5.41, 5.74) is 1.85. The molecule has 3 heterocycles. The first-order valence-electron chi connectivity index (χ1n) is 8.04. The highest BCUT2D eigenvalue weighted by atomic mass is 19.1. The third-order valence-electron chi connectivity index (χ3n) is 3.94. The van der Waals surface area contributed by atoms with Crippen molar-refractivity contribution < 1.29 is 13.9 Å². The minimum atomic E-state index is -0.684.